The van der Waals surface area contributed by atoms with E-state index in [-0.39, 0.29) is 5.91 Å². The minimum Gasteiger partial charge on any atom is -0.493 e. The molecule has 0 saturated carbocycles. The summed E-state index contributed by atoms with van der Waals surface area (Å²) < 4.78 is 12.8. The van der Waals surface area contributed by atoms with Crippen LogP contribution in [0.1, 0.15) is 43.0 Å². The molecular formula is C21H25N3O3. The number of methoxy groups -OCH3 is 1. The van der Waals surface area contributed by atoms with E-state index in [2.05, 4.69) is 17.3 Å². The van der Waals surface area contributed by atoms with Crippen molar-refractivity contribution in [2.45, 2.75) is 32.6 Å². The molecule has 0 aliphatic rings. The number of rotatable bonds is 9. The molecule has 1 N–H and O–H groups in total. The number of fused-ring (bicyclic) bond motifs is 1. The van der Waals surface area contributed by atoms with Crippen molar-refractivity contribution in [3.63, 3.8) is 0 Å². The molecule has 0 atom stereocenters. The van der Waals surface area contributed by atoms with Crippen LogP contribution in [0, 0.1) is 0 Å². The van der Waals surface area contributed by atoms with E-state index in [9.17, 15) is 4.79 Å². The molecule has 0 saturated heterocycles. The predicted octanol–water partition coefficient (Wildman–Crippen LogP) is 4.39. The molecule has 0 fully saturated rings. The maximum absolute atomic E-state index is 12.6. The topological polar surface area (TPSA) is 65.4 Å². The number of aromatic nitrogens is 2. The summed E-state index contributed by atoms with van der Waals surface area (Å²) in [6, 6.07) is 12.8. The van der Waals surface area contributed by atoms with Crippen molar-refractivity contribution in [3.05, 3.63) is 54.4 Å². The molecule has 2 aromatic carbocycles. The summed E-state index contributed by atoms with van der Waals surface area (Å²) in [5, 5.41) is 0. The Kier molecular flexibility index (Phi) is 6.30. The van der Waals surface area contributed by atoms with Crippen LogP contribution in [0.15, 0.2) is 48.8 Å². The van der Waals surface area contributed by atoms with Crippen molar-refractivity contribution in [1.82, 2.24) is 9.66 Å². The summed E-state index contributed by atoms with van der Waals surface area (Å²) >= 11 is 0. The van der Waals surface area contributed by atoms with Gasteiger partial charge in [-0.25, -0.2) is 9.66 Å². The average molecular weight is 367 g/mol. The molecule has 1 amide bonds. The monoisotopic (exact) mass is 367 g/mol. The highest BCUT2D eigenvalue weighted by Gasteiger charge is 2.12. The Morgan fingerprint density at radius 3 is 2.78 bits per heavy atom. The molecule has 27 heavy (non-hydrogen) atoms. The lowest BCUT2D eigenvalue weighted by molar-refractivity contribution is 0.101. The second kappa shape index (κ2) is 9.07. The predicted molar refractivity (Wildman–Crippen MR) is 106 cm³/mol. The molecule has 0 aliphatic heterocycles. The third kappa shape index (κ3) is 4.58. The molecule has 142 valence electrons. The smallest absolute Gasteiger partial charge is 0.270 e. The third-order valence-electron chi connectivity index (χ3n) is 4.36. The number of hydrogen-bond donors (Lipinski definition) is 1. The van der Waals surface area contributed by atoms with Gasteiger partial charge in [0.1, 0.15) is 6.33 Å². The molecule has 0 unspecified atom stereocenters. The number of nitrogens with one attached hydrogen (secondary N) is 1. The van der Waals surface area contributed by atoms with Gasteiger partial charge in [0.25, 0.3) is 5.91 Å². The Hall–Kier alpha value is -3.02. The Morgan fingerprint density at radius 2 is 1.96 bits per heavy atom. The second-order valence-electron chi connectivity index (χ2n) is 6.32. The van der Waals surface area contributed by atoms with Gasteiger partial charge in [0.05, 0.1) is 24.8 Å². The zero-order valence-corrected chi connectivity index (χ0v) is 15.8. The highest BCUT2D eigenvalue weighted by atomic mass is 16.5. The van der Waals surface area contributed by atoms with E-state index in [0.717, 1.165) is 23.9 Å². The van der Waals surface area contributed by atoms with Crippen LogP contribution in [0.5, 0.6) is 11.5 Å². The molecule has 1 aromatic heterocycles. The number of nitrogens with zero attached hydrogens (tertiary/aromatic N) is 2. The molecule has 6 nitrogen and oxygen atoms in total. The van der Waals surface area contributed by atoms with Crippen molar-refractivity contribution in [3.8, 4) is 11.5 Å². The van der Waals surface area contributed by atoms with Crippen LogP contribution in [0.4, 0.5) is 0 Å². The number of carbonyl (C=O) groups is 1. The van der Waals surface area contributed by atoms with Crippen LogP contribution < -0.4 is 14.9 Å². The molecule has 3 rings (SSSR count). The Bertz CT molecular complexity index is 905. The van der Waals surface area contributed by atoms with E-state index in [4.69, 9.17) is 9.47 Å². The number of hydrogen-bond acceptors (Lipinski definition) is 4. The van der Waals surface area contributed by atoms with Gasteiger partial charge in [0, 0.05) is 5.56 Å². The first-order chi connectivity index (χ1) is 13.2. The Morgan fingerprint density at radius 1 is 1.11 bits per heavy atom. The zero-order valence-electron chi connectivity index (χ0n) is 15.8. The molecule has 0 spiro atoms. The number of ether oxygens (including phenoxy) is 2. The summed E-state index contributed by atoms with van der Waals surface area (Å²) in [6.45, 7) is 2.82. The Balaban J connectivity index is 1.68. The number of carbonyl (C=O) groups excluding carboxylic acids is 1. The van der Waals surface area contributed by atoms with Crippen LogP contribution in [-0.2, 0) is 0 Å². The highest BCUT2D eigenvalue weighted by Crippen LogP contribution is 2.28. The van der Waals surface area contributed by atoms with Crippen LogP contribution in [-0.4, -0.2) is 29.3 Å². The van der Waals surface area contributed by atoms with E-state index < -0.39 is 0 Å². The lowest BCUT2D eigenvalue weighted by Crippen LogP contribution is -2.22. The van der Waals surface area contributed by atoms with Gasteiger partial charge in [-0.05, 0) is 36.8 Å². The van der Waals surface area contributed by atoms with Gasteiger partial charge in [-0.15, -0.1) is 0 Å². The van der Waals surface area contributed by atoms with E-state index in [1.165, 1.54) is 12.8 Å². The third-order valence-corrected chi connectivity index (χ3v) is 4.36. The minimum atomic E-state index is -0.244. The van der Waals surface area contributed by atoms with Gasteiger partial charge >= 0.3 is 0 Å². The fourth-order valence-corrected chi connectivity index (χ4v) is 2.86. The molecule has 0 aliphatic carbocycles. The van der Waals surface area contributed by atoms with Gasteiger partial charge in [-0.1, -0.05) is 38.3 Å². The molecule has 6 heteroatoms. The van der Waals surface area contributed by atoms with Crippen LogP contribution in [0.2, 0.25) is 0 Å². The molecule has 1 heterocycles. The maximum atomic E-state index is 12.6. The van der Waals surface area contributed by atoms with Gasteiger partial charge in [0.2, 0.25) is 0 Å². The largest absolute Gasteiger partial charge is 0.493 e. The van der Waals surface area contributed by atoms with Gasteiger partial charge < -0.3 is 9.47 Å². The van der Waals surface area contributed by atoms with Crippen LogP contribution >= 0.6 is 0 Å². The van der Waals surface area contributed by atoms with Crippen molar-refractivity contribution < 1.29 is 14.3 Å². The average Bonchev–Trinajstić information content (AvgIpc) is 3.11. The van der Waals surface area contributed by atoms with Gasteiger partial charge in [-0.2, -0.15) is 0 Å². The summed E-state index contributed by atoms with van der Waals surface area (Å²) in [5.41, 5.74) is 4.99. The maximum Gasteiger partial charge on any atom is 0.270 e. The van der Waals surface area contributed by atoms with E-state index >= 15 is 0 Å². The SMILES string of the molecule is CCCCCCOc1ccc(C(=O)Nn2cnc3ccccc32)cc1OC. The number of unbranched alkanes of at least 4 members (excludes halogenated alkanes) is 3. The molecule has 3 aromatic rings. The van der Waals surface area contributed by atoms with Crippen molar-refractivity contribution >= 4 is 16.9 Å². The first kappa shape index (κ1) is 18.8. The summed E-state index contributed by atoms with van der Waals surface area (Å²) in [4.78, 5) is 16.9. The van der Waals surface area contributed by atoms with Crippen molar-refractivity contribution in [2.24, 2.45) is 0 Å². The fourth-order valence-electron chi connectivity index (χ4n) is 2.86. The standard InChI is InChI=1S/C21H25N3O3/c1-3-4-5-8-13-27-19-12-11-16(14-20(19)26-2)21(25)23-24-15-22-17-9-6-7-10-18(17)24/h6-7,9-12,14-15H,3-5,8,13H2,1-2H3,(H,23,25). The van der Waals surface area contributed by atoms with Crippen molar-refractivity contribution in [1.29, 1.82) is 0 Å². The minimum absolute atomic E-state index is 0.244. The number of imidazole rings is 1. The molecular weight excluding hydrogens is 342 g/mol. The number of benzene rings is 2. The summed E-state index contributed by atoms with van der Waals surface area (Å²) in [5.74, 6) is 0.957. The first-order valence-corrected chi connectivity index (χ1v) is 9.27. The normalized spacial score (nSPS) is 10.7. The fraction of sp³-hybridized carbons (Fsp3) is 0.333. The zero-order chi connectivity index (χ0) is 19.1. The molecule has 0 bridgehead atoms. The van der Waals surface area contributed by atoms with E-state index in [1.54, 1.807) is 36.3 Å². The van der Waals surface area contributed by atoms with Gasteiger partial charge in [-0.3, -0.25) is 10.2 Å². The quantitative estimate of drug-likeness (QED) is 0.570. The lowest BCUT2D eigenvalue weighted by Gasteiger charge is -2.13. The molecule has 0 radical (unpaired) electrons. The van der Waals surface area contributed by atoms with E-state index in [0.29, 0.717) is 23.7 Å². The second-order valence-corrected chi connectivity index (χ2v) is 6.32. The van der Waals surface area contributed by atoms with Crippen LogP contribution in [0.25, 0.3) is 11.0 Å². The lowest BCUT2D eigenvalue weighted by atomic mass is 10.2. The number of para-hydroxylation sites is 2. The first-order valence-electron chi connectivity index (χ1n) is 9.27. The van der Waals surface area contributed by atoms with Crippen molar-refractivity contribution in [2.75, 3.05) is 19.1 Å². The Labute approximate surface area is 159 Å². The number of amides is 1. The van der Waals surface area contributed by atoms with Gasteiger partial charge in [0.15, 0.2) is 11.5 Å². The summed E-state index contributed by atoms with van der Waals surface area (Å²) in [7, 11) is 1.57. The van der Waals surface area contributed by atoms with E-state index in [1.807, 2.05) is 24.3 Å². The highest BCUT2D eigenvalue weighted by molar-refractivity contribution is 6.01. The van der Waals surface area contributed by atoms with Crippen LogP contribution in [0.3, 0.4) is 0 Å². The summed E-state index contributed by atoms with van der Waals surface area (Å²) in [6.07, 6.45) is 6.15.